The van der Waals surface area contributed by atoms with Crippen molar-refractivity contribution in [2.45, 2.75) is 32.3 Å². The maximum Gasteiger partial charge on any atom is 0.410 e. The Morgan fingerprint density at radius 1 is 1.69 bits per heavy atom. The van der Waals surface area contributed by atoms with E-state index >= 15 is 0 Å². The molecule has 0 aromatic carbocycles. The fourth-order valence-corrected chi connectivity index (χ4v) is 1.62. The molecule has 1 amide bonds. The third-order valence-electron chi connectivity index (χ3n) is 2.41. The molecule has 0 bridgehead atoms. The van der Waals surface area contributed by atoms with Gasteiger partial charge >= 0.3 is 6.09 Å². The zero-order chi connectivity index (χ0) is 9.90. The molecule has 0 radical (unpaired) electrons. The second-order valence-corrected chi connectivity index (χ2v) is 3.72. The summed E-state index contributed by atoms with van der Waals surface area (Å²) in [7, 11) is 0. The molecule has 1 saturated heterocycles. The number of amides is 1. The first-order valence-corrected chi connectivity index (χ1v) is 4.79. The van der Waals surface area contributed by atoms with E-state index < -0.39 is 0 Å². The number of carbonyl (C=O) groups excluding carboxylic acids is 1. The molecule has 1 aliphatic rings. The summed E-state index contributed by atoms with van der Waals surface area (Å²) in [4.78, 5) is 13.0. The summed E-state index contributed by atoms with van der Waals surface area (Å²) in [6.07, 6.45) is 1.56. The van der Waals surface area contributed by atoms with Gasteiger partial charge in [0.1, 0.15) is 5.60 Å². The molecule has 4 nitrogen and oxygen atoms in total. The minimum Gasteiger partial charge on any atom is -0.441 e. The molecule has 0 saturated carbocycles. The maximum absolute atomic E-state index is 11.3. The molecule has 76 valence electrons. The van der Waals surface area contributed by atoms with Gasteiger partial charge in [-0.3, -0.25) is 0 Å². The standard InChI is InChI=1S/C9H18N2O2/c1-3-11-7-9(2,5-4-6-10)13-8(11)12/h3-7,10H2,1-2H3. The van der Waals surface area contributed by atoms with Gasteiger partial charge in [0.2, 0.25) is 0 Å². The molecule has 0 aromatic heterocycles. The van der Waals surface area contributed by atoms with Crippen LogP contribution in [0.5, 0.6) is 0 Å². The maximum atomic E-state index is 11.3. The quantitative estimate of drug-likeness (QED) is 0.711. The zero-order valence-corrected chi connectivity index (χ0v) is 8.38. The lowest BCUT2D eigenvalue weighted by Gasteiger charge is -2.20. The van der Waals surface area contributed by atoms with Gasteiger partial charge in [0.25, 0.3) is 0 Å². The van der Waals surface area contributed by atoms with Crippen molar-refractivity contribution < 1.29 is 9.53 Å². The lowest BCUT2D eigenvalue weighted by atomic mass is 10.0. The average molecular weight is 186 g/mol. The van der Waals surface area contributed by atoms with Crippen molar-refractivity contribution in [3.63, 3.8) is 0 Å². The predicted molar refractivity (Wildman–Crippen MR) is 50.4 cm³/mol. The average Bonchev–Trinajstić information content (AvgIpc) is 2.39. The van der Waals surface area contributed by atoms with Gasteiger partial charge in [0.05, 0.1) is 6.54 Å². The molecule has 2 N–H and O–H groups in total. The van der Waals surface area contributed by atoms with E-state index in [0.29, 0.717) is 13.1 Å². The van der Waals surface area contributed by atoms with Crippen LogP contribution >= 0.6 is 0 Å². The van der Waals surface area contributed by atoms with E-state index in [-0.39, 0.29) is 11.7 Å². The summed E-state index contributed by atoms with van der Waals surface area (Å²) in [5.41, 5.74) is 5.10. The van der Waals surface area contributed by atoms with E-state index in [0.717, 1.165) is 19.4 Å². The van der Waals surface area contributed by atoms with E-state index in [2.05, 4.69) is 0 Å². The first-order valence-electron chi connectivity index (χ1n) is 4.79. The SMILES string of the molecule is CCN1CC(C)(CCCN)OC1=O. The normalized spacial score (nSPS) is 27.9. The summed E-state index contributed by atoms with van der Waals surface area (Å²) in [6.45, 7) is 5.99. The molecule has 0 spiro atoms. The number of carbonyl (C=O) groups is 1. The molecular weight excluding hydrogens is 168 g/mol. The van der Waals surface area contributed by atoms with Crippen LogP contribution in [0.3, 0.4) is 0 Å². The molecule has 1 atom stereocenters. The van der Waals surface area contributed by atoms with Gasteiger partial charge in [-0.05, 0) is 33.2 Å². The molecule has 1 rings (SSSR count). The van der Waals surface area contributed by atoms with Crippen LogP contribution in [0.1, 0.15) is 26.7 Å². The second kappa shape index (κ2) is 3.96. The smallest absolute Gasteiger partial charge is 0.410 e. The fourth-order valence-electron chi connectivity index (χ4n) is 1.62. The Morgan fingerprint density at radius 3 is 2.85 bits per heavy atom. The van der Waals surface area contributed by atoms with Crippen LogP contribution in [0, 0.1) is 0 Å². The Bertz CT molecular complexity index is 196. The number of nitrogens with two attached hydrogens (primary N) is 1. The van der Waals surface area contributed by atoms with Gasteiger partial charge in [0, 0.05) is 6.54 Å². The van der Waals surface area contributed by atoms with E-state index in [1.807, 2.05) is 13.8 Å². The summed E-state index contributed by atoms with van der Waals surface area (Å²) in [6, 6.07) is 0. The molecular formula is C9H18N2O2. The highest BCUT2D eigenvalue weighted by Crippen LogP contribution is 2.26. The Kier molecular flexibility index (Phi) is 3.14. The number of nitrogens with zero attached hydrogens (tertiary/aromatic N) is 1. The summed E-state index contributed by atoms with van der Waals surface area (Å²) >= 11 is 0. The third kappa shape index (κ3) is 2.34. The van der Waals surface area contributed by atoms with Crippen molar-refractivity contribution in [2.75, 3.05) is 19.6 Å². The molecule has 0 aliphatic carbocycles. The van der Waals surface area contributed by atoms with Crippen LogP contribution in [-0.4, -0.2) is 36.2 Å². The molecule has 1 aliphatic heterocycles. The summed E-state index contributed by atoms with van der Waals surface area (Å²) < 4.78 is 5.29. The van der Waals surface area contributed by atoms with Gasteiger partial charge in [-0.25, -0.2) is 4.79 Å². The van der Waals surface area contributed by atoms with Crippen molar-refractivity contribution >= 4 is 6.09 Å². The highest BCUT2D eigenvalue weighted by Gasteiger charge is 2.39. The van der Waals surface area contributed by atoms with E-state index in [4.69, 9.17) is 10.5 Å². The number of hydrogen-bond donors (Lipinski definition) is 1. The predicted octanol–water partition coefficient (Wildman–Crippen LogP) is 0.956. The molecule has 0 aromatic rings. The van der Waals surface area contributed by atoms with E-state index in [9.17, 15) is 4.79 Å². The second-order valence-electron chi connectivity index (χ2n) is 3.72. The Hall–Kier alpha value is -0.770. The van der Waals surface area contributed by atoms with Crippen LogP contribution < -0.4 is 5.73 Å². The summed E-state index contributed by atoms with van der Waals surface area (Å²) in [5.74, 6) is 0. The molecule has 4 heteroatoms. The van der Waals surface area contributed by atoms with Crippen molar-refractivity contribution in [1.82, 2.24) is 4.90 Å². The minimum atomic E-state index is -0.313. The Morgan fingerprint density at radius 2 is 2.38 bits per heavy atom. The number of likely N-dealkylation sites (N-methyl/N-ethyl adjacent to an activating group) is 1. The lowest BCUT2D eigenvalue weighted by Crippen LogP contribution is -2.31. The van der Waals surface area contributed by atoms with Crippen molar-refractivity contribution in [2.24, 2.45) is 5.73 Å². The van der Waals surface area contributed by atoms with Crippen LogP contribution in [0.2, 0.25) is 0 Å². The third-order valence-corrected chi connectivity index (χ3v) is 2.41. The van der Waals surface area contributed by atoms with Crippen LogP contribution in [0.4, 0.5) is 4.79 Å². The number of cyclic esters (lactones) is 1. The largest absolute Gasteiger partial charge is 0.441 e. The number of hydrogen-bond acceptors (Lipinski definition) is 3. The first kappa shape index (κ1) is 10.3. The minimum absolute atomic E-state index is 0.193. The van der Waals surface area contributed by atoms with Gasteiger partial charge in [-0.2, -0.15) is 0 Å². The van der Waals surface area contributed by atoms with Gasteiger partial charge in [0.15, 0.2) is 0 Å². The van der Waals surface area contributed by atoms with Crippen molar-refractivity contribution in [3.8, 4) is 0 Å². The highest BCUT2D eigenvalue weighted by atomic mass is 16.6. The lowest BCUT2D eigenvalue weighted by molar-refractivity contribution is 0.0638. The van der Waals surface area contributed by atoms with Gasteiger partial charge in [-0.1, -0.05) is 0 Å². The topological polar surface area (TPSA) is 55.6 Å². The summed E-state index contributed by atoms with van der Waals surface area (Å²) in [5, 5.41) is 0. The molecule has 1 unspecified atom stereocenters. The molecule has 13 heavy (non-hydrogen) atoms. The van der Waals surface area contributed by atoms with Crippen molar-refractivity contribution in [3.05, 3.63) is 0 Å². The van der Waals surface area contributed by atoms with Crippen molar-refractivity contribution in [1.29, 1.82) is 0 Å². The first-order chi connectivity index (χ1) is 6.11. The monoisotopic (exact) mass is 186 g/mol. The van der Waals surface area contributed by atoms with Gasteiger partial charge in [-0.15, -0.1) is 0 Å². The Labute approximate surface area is 79.0 Å². The fraction of sp³-hybridized carbons (Fsp3) is 0.889. The number of ether oxygens (including phenoxy) is 1. The van der Waals surface area contributed by atoms with Gasteiger partial charge < -0.3 is 15.4 Å². The van der Waals surface area contributed by atoms with E-state index in [1.54, 1.807) is 4.90 Å². The zero-order valence-electron chi connectivity index (χ0n) is 8.38. The van der Waals surface area contributed by atoms with E-state index in [1.165, 1.54) is 0 Å². The highest BCUT2D eigenvalue weighted by molar-refractivity contribution is 5.70. The molecule has 1 fully saturated rings. The Balaban J connectivity index is 2.49. The molecule has 1 heterocycles. The van der Waals surface area contributed by atoms with Crippen LogP contribution in [-0.2, 0) is 4.74 Å². The van der Waals surface area contributed by atoms with Crippen LogP contribution in [0.15, 0.2) is 0 Å². The van der Waals surface area contributed by atoms with Crippen LogP contribution in [0.25, 0.3) is 0 Å². The number of rotatable bonds is 4.